The topological polar surface area (TPSA) is 50.1 Å². The van der Waals surface area contributed by atoms with E-state index in [2.05, 4.69) is 6.07 Å². The highest BCUT2D eigenvalue weighted by Gasteiger charge is 2.22. The van der Waals surface area contributed by atoms with E-state index in [0.717, 1.165) is 4.88 Å². The lowest BCUT2D eigenvalue weighted by Gasteiger charge is -2.08. The second-order valence-corrected chi connectivity index (χ2v) is 5.40. The Morgan fingerprint density at radius 2 is 1.95 bits per heavy atom. The number of ether oxygens (including phenoxy) is 1. The van der Waals surface area contributed by atoms with Crippen LogP contribution in [0.2, 0.25) is 0 Å². The van der Waals surface area contributed by atoms with Crippen molar-refractivity contribution in [1.29, 1.82) is 5.26 Å². The predicted octanol–water partition coefficient (Wildman–Crippen LogP) is 3.56. The molecule has 96 valence electrons. The number of ketones is 1. The molecule has 0 aliphatic rings. The summed E-state index contributed by atoms with van der Waals surface area (Å²) in [5.74, 6) is -0.199. The minimum absolute atomic E-state index is 0.147. The van der Waals surface area contributed by atoms with Crippen LogP contribution >= 0.6 is 11.3 Å². The molecule has 1 heterocycles. The van der Waals surface area contributed by atoms with Gasteiger partial charge in [0.2, 0.25) is 0 Å². The maximum atomic E-state index is 12.3. The van der Waals surface area contributed by atoms with Crippen molar-refractivity contribution >= 4 is 17.1 Å². The Morgan fingerprint density at radius 1 is 1.26 bits per heavy atom. The molecule has 0 aliphatic heterocycles. The third-order valence-electron chi connectivity index (χ3n) is 2.82. The summed E-state index contributed by atoms with van der Waals surface area (Å²) in [4.78, 5) is 14.0. The Bertz CT molecular complexity index is 622. The summed E-state index contributed by atoms with van der Waals surface area (Å²) in [7, 11) is 1.58. The van der Waals surface area contributed by atoms with Crippen molar-refractivity contribution in [3.63, 3.8) is 0 Å². The van der Waals surface area contributed by atoms with E-state index >= 15 is 0 Å². The molecule has 0 bridgehead atoms. The molecule has 19 heavy (non-hydrogen) atoms. The maximum absolute atomic E-state index is 12.3. The van der Waals surface area contributed by atoms with Crippen LogP contribution in [0.15, 0.2) is 36.4 Å². The highest BCUT2D eigenvalue weighted by molar-refractivity contribution is 7.14. The third kappa shape index (κ3) is 2.83. The molecule has 1 aromatic carbocycles. The average molecular weight is 271 g/mol. The van der Waals surface area contributed by atoms with E-state index in [4.69, 9.17) is 4.74 Å². The number of rotatable bonds is 4. The molecule has 0 N–H and O–H groups in total. The van der Waals surface area contributed by atoms with Crippen LogP contribution < -0.4 is 4.74 Å². The Hall–Kier alpha value is -2.12. The summed E-state index contributed by atoms with van der Waals surface area (Å²) in [5, 5.41) is 9.25. The number of hydrogen-bond donors (Lipinski definition) is 0. The Balaban J connectivity index is 2.29. The number of methoxy groups -OCH3 is 1. The van der Waals surface area contributed by atoms with Crippen LogP contribution in [0, 0.1) is 18.3 Å². The van der Waals surface area contributed by atoms with E-state index in [1.54, 1.807) is 37.4 Å². The maximum Gasteiger partial charge on any atom is 0.194 e. The third-order valence-corrected chi connectivity index (χ3v) is 3.84. The van der Waals surface area contributed by atoms with Gasteiger partial charge < -0.3 is 4.74 Å². The van der Waals surface area contributed by atoms with Gasteiger partial charge in [-0.1, -0.05) is 12.1 Å². The number of Topliss-reactive ketones (excluding diaryl/α,β-unsaturated/α-hetero) is 1. The molecule has 4 heteroatoms. The van der Waals surface area contributed by atoms with Gasteiger partial charge in [-0.05, 0) is 36.8 Å². The van der Waals surface area contributed by atoms with Crippen LogP contribution in [-0.4, -0.2) is 12.9 Å². The van der Waals surface area contributed by atoms with Gasteiger partial charge in [0.15, 0.2) is 5.78 Å². The lowest BCUT2D eigenvalue weighted by molar-refractivity contribution is 0.0983. The summed E-state index contributed by atoms with van der Waals surface area (Å²) in [6.45, 7) is 1.94. The van der Waals surface area contributed by atoms with Crippen molar-refractivity contribution < 1.29 is 9.53 Å². The first-order valence-electron chi connectivity index (χ1n) is 5.80. The van der Waals surface area contributed by atoms with Gasteiger partial charge in [-0.2, -0.15) is 5.26 Å². The standard InChI is InChI=1S/C15H13NO2S/c1-10-3-8-14(19-10)15(17)13(9-16)11-4-6-12(18-2)7-5-11/h3-8,13H,1-2H3. The van der Waals surface area contributed by atoms with E-state index in [0.29, 0.717) is 16.2 Å². The molecule has 0 saturated carbocycles. The molecule has 0 aliphatic carbocycles. The van der Waals surface area contributed by atoms with Crippen molar-refractivity contribution in [3.8, 4) is 11.8 Å². The Kier molecular flexibility index (Phi) is 3.98. The second-order valence-electron chi connectivity index (χ2n) is 4.11. The SMILES string of the molecule is COc1ccc(C(C#N)C(=O)c2ccc(C)s2)cc1. The fraction of sp³-hybridized carbons (Fsp3) is 0.200. The zero-order chi connectivity index (χ0) is 13.8. The molecular formula is C15H13NO2S. The lowest BCUT2D eigenvalue weighted by atomic mass is 9.95. The van der Waals surface area contributed by atoms with Crippen LogP contribution in [-0.2, 0) is 0 Å². The van der Waals surface area contributed by atoms with Gasteiger partial charge in [0.05, 0.1) is 18.1 Å². The molecule has 0 saturated heterocycles. The second kappa shape index (κ2) is 5.68. The summed E-state index contributed by atoms with van der Waals surface area (Å²) in [6, 6.07) is 12.8. The van der Waals surface area contributed by atoms with Gasteiger partial charge >= 0.3 is 0 Å². The van der Waals surface area contributed by atoms with Crippen molar-refractivity contribution in [3.05, 3.63) is 51.7 Å². The van der Waals surface area contributed by atoms with Gasteiger partial charge in [-0.25, -0.2) is 0 Å². The molecular weight excluding hydrogens is 258 g/mol. The fourth-order valence-electron chi connectivity index (χ4n) is 1.79. The van der Waals surface area contributed by atoms with Gasteiger partial charge in [-0.15, -0.1) is 11.3 Å². The van der Waals surface area contributed by atoms with E-state index in [9.17, 15) is 10.1 Å². The largest absolute Gasteiger partial charge is 0.497 e. The number of carbonyl (C=O) groups excluding carboxylic acids is 1. The molecule has 1 atom stereocenters. The number of nitrogens with zero attached hydrogens (tertiary/aromatic N) is 1. The summed E-state index contributed by atoms with van der Waals surface area (Å²) in [5.41, 5.74) is 0.694. The summed E-state index contributed by atoms with van der Waals surface area (Å²) in [6.07, 6.45) is 0. The van der Waals surface area contributed by atoms with Crippen molar-refractivity contribution in [2.45, 2.75) is 12.8 Å². The first kappa shape index (κ1) is 13.3. The predicted molar refractivity (Wildman–Crippen MR) is 74.7 cm³/mol. The first-order valence-corrected chi connectivity index (χ1v) is 6.61. The highest BCUT2D eigenvalue weighted by Crippen LogP contribution is 2.26. The molecule has 1 unspecified atom stereocenters. The van der Waals surface area contributed by atoms with E-state index < -0.39 is 5.92 Å². The van der Waals surface area contributed by atoms with Crippen LogP contribution in [0.4, 0.5) is 0 Å². The number of carbonyl (C=O) groups is 1. The van der Waals surface area contributed by atoms with Crippen LogP contribution in [0.5, 0.6) is 5.75 Å². The normalized spacial score (nSPS) is 11.6. The number of aryl methyl sites for hydroxylation is 1. The Morgan fingerprint density at radius 3 is 2.42 bits per heavy atom. The number of nitriles is 1. The molecule has 3 nitrogen and oxygen atoms in total. The highest BCUT2D eigenvalue weighted by atomic mass is 32.1. The Labute approximate surface area is 116 Å². The monoisotopic (exact) mass is 271 g/mol. The van der Waals surface area contributed by atoms with Gasteiger partial charge in [0.1, 0.15) is 11.7 Å². The van der Waals surface area contributed by atoms with Crippen LogP contribution in [0.1, 0.15) is 26.0 Å². The zero-order valence-electron chi connectivity index (χ0n) is 10.7. The van der Waals surface area contributed by atoms with Crippen molar-refractivity contribution in [2.24, 2.45) is 0 Å². The first-order chi connectivity index (χ1) is 9.15. The summed E-state index contributed by atoms with van der Waals surface area (Å²) < 4.78 is 5.07. The van der Waals surface area contributed by atoms with Crippen molar-refractivity contribution in [2.75, 3.05) is 7.11 Å². The number of thiophene rings is 1. The van der Waals surface area contributed by atoms with Crippen LogP contribution in [0.25, 0.3) is 0 Å². The van der Waals surface area contributed by atoms with Crippen LogP contribution in [0.3, 0.4) is 0 Å². The number of hydrogen-bond acceptors (Lipinski definition) is 4. The quantitative estimate of drug-likeness (QED) is 0.799. The molecule has 0 amide bonds. The minimum Gasteiger partial charge on any atom is -0.497 e. The van der Waals surface area contributed by atoms with Gasteiger partial charge in [0.25, 0.3) is 0 Å². The van der Waals surface area contributed by atoms with E-state index in [1.807, 2.05) is 13.0 Å². The van der Waals surface area contributed by atoms with Crippen molar-refractivity contribution in [1.82, 2.24) is 0 Å². The smallest absolute Gasteiger partial charge is 0.194 e. The summed E-state index contributed by atoms with van der Waals surface area (Å²) >= 11 is 1.42. The fourth-order valence-corrected chi connectivity index (χ4v) is 2.63. The molecule has 0 radical (unpaired) electrons. The lowest BCUT2D eigenvalue weighted by Crippen LogP contribution is -2.09. The minimum atomic E-state index is -0.760. The average Bonchev–Trinajstić information content (AvgIpc) is 2.87. The zero-order valence-corrected chi connectivity index (χ0v) is 11.5. The van der Waals surface area contributed by atoms with Gasteiger partial charge in [-0.3, -0.25) is 4.79 Å². The van der Waals surface area contributed by atoms with E-state index in [1.165, 1.54) is 11.3 Å². The number of benzene rings is 1. The molecule has 1 aromatic heterocycles. The van der Waals surface area contributed by atoms with E-state index in [-0.39, 0.29) is 5.78 Å². The van der Waals surface area contributed by atoms with Gasteiger partial charge in [0, 0.05) is 4.88 Å². The molecule has 0 spiro atoms. The molecule has 2 aromatic rings. The molecule has 0 fully saturated rings. The molecule has 2 rings (SSSR count).